The summed E-state index contributed by atoms with van der Waals surface area (Å²) in [6, 6.07) is 17.4. The number of carbonyl (C=O) groups excluding carboxylic acids is 1. The van der Waals surface area contributed by atoms with Gasteiger partial charge in [0.05, 0.1) is 17.8 Å². The maximum absolute atomic E-state index is 12.9. The van der Waals surface area contributed by atoms with E-state index < -0.39 is 0 Å². The van der Waals surface area contributed by atoms with Crippen molar-refractivity contribution < 1.29 is 4.79 Å². The number of hydrogen-bond acceptors (Lipinski definition) is 3. The monoisotopic (exact) mass is 317 g/mol. The molecule has 0 aliphatic rings. The molecule has 1 amide bonds. The highest BCUT2D eigenvalue weighted by atomic mass is 16.2. The number of amides is 1. The predicted molar refractivity (Wildman–Crippen MR) is 93.2 cm³/mol. The Morgan fingerprint density at radius 1 is 0.958 bits per heavy atom. The van der Waals surface area contributed by atoms with Gasteiger partial charge in [-0.1, -0.05) is 30.3 Å². The van der Waals surface area contributed by atoms with E-state index in [0.29, 0.717) is 18.7 Å². The fourth-order valence-corrected chi connectivity index (χ4v) is 2.55. The molecule has 3 rings (SSSR count). The Labute approximate surface area is 141 Å². The van der Waals surface area contributed by atoms with Crippen LogP contribution in [0.15, 0.2) is 73.2 Å². The third-order valence-corrected chi connectivity index (χ3v) is 3.90. The Morgan fingerprint density at radius 2 is 1.79 bits per heavy atom. The van der Waals surface area contributed by atoms with E-state index in [0.717, 1.165) is 11.3 Å². The molecular weight excluding hydrogens is 298 g/mol. The van der Waals surface area contributed by atoms with Crippen molar-refractivity contribution in [2.45, 2.75) is 20.0 Å². The number of aromatic nitrogens is 2. The van der Waals surface area contributed by atoms with Crippen LogP contribution in [0.3, 0.4) is 0 Å². The molecule has 120 valence electrons. The molecule has 2 heterocycles. The van der Waals surface area contributed by atoms with Gasteiger partial charge in [-0.25, -0.2) is 0 Å². The molecule has 0 saturated heterocycles. The quantitative estimate of drug-likeness (QED) is 0.722. The number of rotatable bonds is 5. The van der Waals surface area contributed by atoms with Crippen molar-refractivity contribution in [1.29, 1.82) is 0 Å². The largest absolute Gasteiger partial charge is 0.328 e. The van der Waals surface area contributed by atoms with Gasteiger partial charge in [0, 0.05) is 25.1 Å². The van der Waals surface area contributed by atoms with Crippen LogP contribution in [0, 0.1) is 6.92 Å². The lowest BCUT2D eigenvalue weighted by Crippen LogP contribution is -2.30. The predicted octanol–water partition coefficient (Wildman–Crippen LogP) is 3.63. The fraction of sp³-hybridized carbons (Fsp3) is 0.150. The van der Waals surface area contributed by atoms with Gasteiger partial charge in [-0.2, -0.15) is 0 Å². The Kier molecular flexibility index (Phi) is 4.96. The van der Waals surface area contributed by atoms with Crippen molar-refractivity contribution >= 4 is 5.91 Å². The van der Waals surface area contributed by atoms with Gasteiger partial charge in [0.15, 0.2) is 0 Å². The van der Waals surface area contributed by atoms with Crippen molar-refractivity contribution in [1.82, 2.24) is 14.9 Å². The summed E-state index contributed by atoms with van der Waals surface area (Å²) in [5.74, 6) is -0.0444. The molecule has 0 aliphatic heterocycles. The van der Waals surface area contributed by atoms with E-state index in [-0.39, 0.29) is 5.91 Å². The van der Waals surface area contributed by atoms with E-state index in [1.807, 2.05) is 35.2 Å². The van der Waals surface area contributed by atoms with E-state index in [2.05, 4.69) is 29.0 Å². The number of benzene rings is 1. The number of carbonyl (C=O) groups is 1. The first-order valence-electron chi connectivity index (χ1n) is 7.88. The maximum Gasteiger partial charge on any atom is 0.256 e. The number of aryl methyl sites for hydroxylation is 1. The van der Waals surface area contributed by atoms with Crippen LogP contribution >= 0.6 is 0 Å². The molecule has 2 aromatic heterocycles. The van der Waals surface area contributed by atoms with E-state index >= 15 is 0 Å². The van der Waals surface area contributed by atoms with Crippen molar-refractivity contribution in [2.24, 2.45) is 0 Å². The normalized spacial score (nSPS) is 10.4. The van der Waals surface area contributed by atoms with E-state index in [1.54, 1.807) is 30.7 Å². The summed E-state index contributed by atoms with van der Waals surface area (Å²) in [5.41, 5.74) is 3.75. The van der Waals surface area contributed by atoms with Crippen LogP contribution in [0.25, 0.3) is 0 Å². The molecular formula is C20H19N3O. The average Bonchev–Trinajstić information content (AvgIpc) is 2.64. The second kappa shape index (κ2) is 7.51. The second-order valence-corrected chi connectivity index (χ2v) is 5.65. The van der Waals surface area contributed by atoms with Gasteiger partial charge >= 0.3 is 0 Å². The third kappa shape index (κ3) is 3.84. The Balaban J connectivity index is 1.88. The van der Waals surface area contributed by atoms with Crippen LogP contribution in [0.1, 0.15) is 27.2 Å². The highest BCUT2D eigenvalue weighted by Gasteiger charge is 2.18. The zero-order valence-corrected chi connectivity index (χ0v) is 13.6. The van der Waals surface area contributed by atoms with Gasteiger partial charge < -0.3 is 4.90 Å². The standard InChI is InChI=1S/C20H19N3O/c1-16-7-2-3-8-18(16)14-23(15-19-10-4-5-12-22-19)20(24)17-9-6-11-21-13-17/h2-13H,14-15H2,1H3. The highest BCUT2D eigenvalue weighted by Crippen LogP contribution is 2.15. The van der Waals surface area contributed by atoms with Gasteiger partial charge in [-0.05, 0) is 42.3 Å². The third-order valence-electron chi connectivity index (χ3n) is 3.90. The molecule has 0 N–H and O–H groups in total. The van der Waals surface area contributed by atoms with E-state index in [4.69, 9.17) is 0 Å². The molecule has 0 radical (unpaired) electrons. The minimum absolute atomic E-state index is 0.0444. The molecule has 0 aliphatic carbocycles. The van der Waals surface area contributed by atoms with Crippen molar-refractivity contribution in [3.05, 3.63) is 95.6 Å². The Hall–Kier alpha value is -3.01. The molecule has 3 aromatic rings. The molecule has 0 unspecified atom stereocenters. The number of nitrogens with zero attached hydrogens (tertiary/aromatic N) is 3. The average molecular weight is 317 g/mol. The first-order valence-corrected chi connectivity index (χ1v) is 7.88. The van der Waals surface area contributed by atoms with Gasteiger partial charge in [-0.15, -0.1) is 0 Å². The van der Waals surface area contributed by atoms with Crippen LogP contribution in [-0.4, -0.2) is 20.8 Å². The van der Waals surface area contributed by atoms with Crippen LogP contribution in [0.2, 0.25) is 0 Å². The van der Waals surface area contributed by atoms with Crippen molar-refractivity contribution in [2.75, 3.05) is 0 Å². The molecule has 0 atom stereocenters. The first-order chi connectivity index (χ1) is 11.7. The number of hydrogen-bond donors (Lipinski definition) is 0. The smallest absolute Gasteiger partial charge is 0.256 e. The highest BCUT2D eigenvalue weighted by molar-refractivity contribution is 5.93. The lowest BCUT2D eigenvalue weighted by molar-refractivity contribution is 0.0727. The molecule has 0 saturated carbocycles. The zero-order chi connectivity index (χ0) is 16.8. The van der Waals surface area contributed by atoms with Crippen LogP contribution < -0.4 is 0 Å². The minimum Gasteiger partial charge on any atom is -0.328 e. The Bertz CT molecular complexity index is 803. The summed E-state index contributed by atoms with van der Waals surface area (Å²) < 4.78 is 0. The minimum atomic E-state index is -0.0444. The van der Waals surface area contributed by atoms with Crippen LogP contribution in [0.5, 0.6) is 0 Å². The Morgan fingerprint density at radius 3 is 2.50 bits per heavy atom. The summed E-state index contributed by atoms with van der Waals surface area (Å²) in [6.07, 6.45) is 5.02. The fourth-order valence-electron chi connectivity index (χ4n) is 2.55. The summed E-state index contributed by atoms with van der Waals surface area (Å²) in [6.45, 7) is 3.06. The molecule has 1 aromatic carbocycles. The summed E-state index contributed by atoms with van der Waals surface area (Å²) in [5, 5.41) is 0. The zero-order valence-electron chi connectivity index (χ0n) is 13.6. The lowest BCUT2D eigenvalue weighted by Gasteiger charge is -2.23. The van der Waals surface area contributed by atoms with Gasteiger partial charge in [0.2, 0.25) is 0 Å². The first kappa shape index (κ1) is 15.9. The molecule has 0 spiro atoms. The number of pyridine rings is 2. The van der Waals surface area contributed by atoms with Gasteiger partial charge in [0.25, 0.3) is 5.91 Å². The molecule has 4 nitrogen and oxygen atoms in total. The summed E-state index contributed by atoms with van der Waals surface area (Å²) >= 11 is 0. The van der Waals surface area contributed by atoms with E-state index in [1.165, 1.54) is 5.56 Å². The van der Waals surface area contributed by atoms with Gasteiger partial charge in [-0.3, -0.25) is 14.8 Å². The second-order valence-electron chi connectivity index (χ2n) is 5.65. The topological polar surface area (TPSA) is 46.1 Å². The van der Waals surface area contributed by atoms with Crippen molar-refractivity contribution in [3.8, 4) is 0 Å². The SMILES string of the molecule is Cc1ccccc1CN(Cc1ccccn1)C(=O)c1cccnc1. The summed E-state index contributed by atoms with van der Waals surface area (Å²) in [7, 11) is 0. The summed E-state index contributed by atoms with van der Waals surface area (Å²) in [4.78, 5) is 23.1. The lowest BCUT2D eigenvalue weighted by atomic mass is 10.1. The van der Waals surface area contributed by atoms with Crippen LogP contribution in [0.4, 0.5) is 0 Å². The van der Waals surface area contributed by atoms with Crippen LogP contribution in [-0.2, 0) is 13.1 Å². The van der Waals surface area contributed by atoms with Gasteiger partial charge in [0.1, 0.15) is 0 Å². The van der Waals surface area contributed by atoms with Crippen molar-refractivity contribution in [3.63, 3.8) is 0 Å². The molecule has 0 bridgehead atoms. The van der Waals surface area contributed by atoms with E-state index in [9.17, 15) is 4.79 Å². The maximum atomic E-state index is 12.9. The molecule has 0 fully saturated rings. The molecule has 4 heteroatoms. The molecule has 24 heavy (non-hydrogen) atoms.